The highest BCUT2D eigenvalue weighted by molar-refractivity contribution is 9.10. The van der Waals surface area contributed by atoms with E-state index in [-0.39, 0.29) is 43.2 Å². The molecule has 2 N–H and O–H groups in total. The Hall–Kier alpha value is -3.63. The molecule has 10 heteroatoms. The number of carbonyl (C=O) groups is 2. The van der Waals surface area contributed by atoms with Crippen molar-refractivity contribution in [1.82, 2.24) is 5.32 Å². The molecule has 212 valence electrons. The lowest BCUT2D eigenvalue weighted by Gasteiger charge is -2.19. The van der Waals surface area contributed by atoms with E-state index >= 15 is 4.39 Å². The van der Waals surface area contributed by atoms with Gasteiger partial charge in [0.1, 0.15) is 12.7 Å². The number of benzene rings is 3. The van der Waals surface area contributed by atoms with Crippen molar-refractivity contribution >= 4 is 33.8 Å². The van der Waals surface area contributed by atoms with Crippen molar-refractivity contribution in [2.75, 3.05) is 25.1 Å². The summed E-state index contributed by atoms with van der Waals surface area (Å²) < 4.78 is 38.1. The van der Waals surface area contributed by atoms with E-state index in [1.807, 2.05) is 62.4 Å². The summed E-state index contributed by atoms with van der Waals surface area (Å²) in [7, 11) is 0. The van der Waals surface area contributed by atoms with Crippen molar-refractivity contribution < 1.29 is 32.9 Å². The first-order valence-electron chi connectivity index (χ1n) is 13.0. The van der Waals surface area contributed by atoms with E-state index in [0.29, 0.717) is 25.2 Å². The number of rotatable bonds is 10. The number of amides is 2. The van der Waals surface area contributed by atoms with E-state index in [4.69, 9.17) is 18.9 Å². The molecule has 40 heavy (non-hydrogen) atoms. The first-order valence-corrected chi connectivity index (χ1v) is 13.8. The fourth-order valence-electron chi connectivity index (χ4n) is 4.34. The minimum atomic E-state index is -0.722. The van der Waals surface area contributed by atoms with Crippen LogP contribution in [0.25, 0.3) is 0 Å². The van der Waals surface area contributed by atoms with Crippen molar-refractivity contribution in [3.63, 3.8) is 0 Å². The molecule has 1 aliphatic rings. The molecule has 1 fully saturated rings. The van der Waals surface area contributed by atoms with Gasteiger partial charge in [0.2, 0.25) is 0 Å². The number of ether oxygens (including phenoxy) is 4. The number of hydrogen-bond donors (Lipinski definition) is 2. The Morgan fingerprint density at radius 3 is 2.62 bits per heavy atom. The van der Waals surface area contributed by atoms with Gasteiger partial charge in [-0.25, -0.2) is 14.0 Å². The molecule has 2 atom stereocenters. The van der Waals surface area contributed by atoms with Crippen molar-refractivity contribution in [3.05, 3.63) is 93.2 Å². The average molecular weight is 615 g/mol. The number of hydrogen-bond acceptors (Lipinski definition) is 6. The van der Waals surface area contributed by atoms with Gasteiger partial charge < -0.3 is 24.3 Å². The molecule has 0 aromatic heterocycles. The van der Waals surface area contributed by atoms with E-state index < -0.39 is 18.0 Å². The van der Waals surface area contributed by atoms with Crippen molar-refractivity contribution in [2.24, 2.45) is 0 Å². The van der Waals surface area contributed by atoms with Crippen molar-refractivity contribution in [3.8, 4) is 5.75 Å². The molecule has 0 unspecified atom stereocenters. The van der Waals surface area contributed by atoms with Crippen LogP contribution in [-0.4, -0.2) is 38.1 Å². The largest absolute Gasteiger partial charge is 0.484 e. The van der Waals surface area contributed by atoms with Gasteiger partial charge in [0.05, 0.1) is 19.8 Å². The number of carbonyl (C=O) groups excluding carboxylic acids is 2. The Balaban J connectivity index is 1.39. The smallest absolute Gasteiger partial charge is 0.411 e. The Kier molecular flexibility index (Phi) is 10.4. The van der Waals surface area contributed by atoms with Crippen LogP contribution in [0, 0.1) is 12.7 Å². The Morgan fingerprint density at radius 2 is 1.90 bits per heavy atom. The van der Waals surface area contributed by atoms with Gasteiger partial charge in [-0.1, -0.05) is 59.3 Å². The van der Waals surface area contributed by atoms with Crippen LogP contribution >= 0.6 is 15.9 Å². The van der Waals surface area contributed by atoms with Crippen LogP contribution in [0.3, 0.4) is 0 Å². The maximum atomic E-state index is 15.2. The first kappa shape index (κ1) is 29.4. The number of aryl methyl sites for hydroxylation is 1. The molecule has 0 bridgehead atoms. The van der Waals surface area contributed by atoms with E-state index in [1.165, 1.54) is 6.07 Å². The molecule has 1 aliphatic heterocycles. The number of alkyl carbamates (subject to hydrolysis) is 1. The van der Waals surface area contributed by atoms with Gasteiger partial charge in [-0.3, -0.25) is 5.32 Å². The topological polar surface area (TPSA) is 95.1 Å². The quantitative estimate of drug-likeness (QED) is 0.259. The summed E-state index contributed by atoms with van der Waals surface area (Å²) in [5.74, 6) is -0.739. The van der Waals surface area contributed by atoms with Crippen molar-refractivity contribution in [2.45, 2.75) is 45.4 Å². The second-order valence-corrected chi connectivity index (χ2v) is 10.5. The number of nitrogens with one attached hydrogen (secondary N) is 2. The SMILES string of the molecule is Cc1cc(Br)ccc1[C@@H](C)COC(=O)Nc1cc(F)c(O[C@@H]2CCOC2)c(CNC(=O)OCc2ccccc2)c1. The third kappa shape index (κ3) is 8.43. The summed E-state index contributed by atoms with van der Waals surface area (Å²) in [5, 5.41) is 5.20. The van der Waals surface area contributed by atoms with Crippen LogP contribution in [0.2, 0.25) is 0 Å². The molecule has 2 amide bonds. The zero-order chi connectivity index (χ0) is 28.5. The monoisotopic (exact) mass is 614 g/mol. The predicted octanol–water partition coefficient (Wildman–Crippen LogP) is 6.84. The van der Waals surface area contributed by atoms with Crippen LogP contribution in [0.1, 0.15) is 41.5 Å². The zero-order valence-corrected chi connectivity index (χ0v) is 24.0. The molecule has 0 radical (unpaired) electrons. The molecule has 0 saturated carbocycles. The summed E-state index contributed by atoms with van der Waals surface area (Å²) in [6, 6.07) is 17.9. The molecule has 0 spiro atoms. The molecule has 4 rings (SSSR count). The third-order valence-electron chi connectivity index (χ3n) is 6.40. The fourth-order valence-corrected chi connectivity index (χ4v) is 4.81. The van der Waals surface area contributed by atoms with Gasteiger partial charge in [0, 0.05) is 40.7 Å². The molecule has 1 heterocycles. The van der Waals surface area contributed by atoms with Crippen molar-refractivity contribution in [1.29, 1.82) is 0 Å². The Morgan fingerprint density at radius 1 is 1.10 bits per heavy atom. The fraction of sp³-hybridized carbons (Fsp3) is 0.333. The maximum absolute atomic E-state index is 15.2. The van der Waals surface area contributed by atoms with Gasteiger partial charge in [-0.15, -0.1) is 0 Å². The van der Waals surface area contributed by atoms with Crippen LogP contribution in [0.15, 0.2) is 65.1 Å². The Labute approximate surface area is 241 Å². The van der Waals surface area contributed by atoms with Crippen LogP contribution in [-0.2, 0) is 27.4 Å². The highest BCUT2D eigenvalue weighted by atomic mass is 79.9. The second-order valence-electron chi connectivity index (χ2n) is 9.59. The lowest BCUT2D eigenvalue weighted by atomic mass is 9.97. The predicted molar refractivity (Wildman–Crippen MR) is 152 cm³/mol. The molecule has 8 nitrogen and oxygen atoms in total. The summed E-state index contributed by atoms with van der Waals surface area (Å²) in [4.78, 5) is 24.9. The second kappa shape index (κ2) is 14.1. The summed E-state index contributed by atoms with van der Waals surface area (Å²) in [6.07, 6.45) is -1.09. The van der Waals surface area contributed by atoms with E-state index in [0.717, 1.165) is 27.2 Å². The third-order valence-corrected chi connectivity index (χ3v) is 6.90. The molecule has 3 aromatic carbocycles. The highest BCUT2D eigenvalue weighted by Gasteiger charge is 2.23. The van der Waals surface area contributed by atoms with Crippen LogP contribution in [0.4, 0.5) is 19.7 Å². The molecular weight excluding hydrogens is 583 g/mol. The minimum Gasteiger partial charge on any atom is -0.484 e. The molecule has 0 aliphatic carbocycles. The lowest BCUT2D eigenvalue weighted by molar-refractivity contribution is 0.134. The van der Waals surface area contributed by atoms with Gasteiger partial charge in [-0.2, -0.15) is 0 Å². The Bertz CT molecular complexity index is 1320. The maximum Gasteiger partial charge on any atom is 0.411 e. The first-order chi connectivity index (χ1) is 19.3. The van der Waals surface area contributed by atoms with Gasteiger partial charge >= 0.3 is 12.2 Å². The zero-order valence-electron chi connectivity index (χ0n) is 22.4. The lowest BCUT2D eigenvalue weighted by Crippen LogP contribution is -2.25. The van der Waals surface area contributed by atoms with Crippen LogP contribution < -0.4 is 15.4 Å². The van der Waals surface area contributed by atoms with Gasteiger partial charge in [0.25, 0.3) is 0 Å². The standard InChI is InChI=1S/C30H32BrFN2O6/c1-19-12-23(31)8-9-26(19)20(2)16-38-30(36)34-24-13-22(28(27(32)14-24)40-25-10-11-37-18-25)15-33-29(35)39-17-21-6-4-3-5-7-21/h3-9,12-14,20,25H,10-11,15-18H2,1-2H3,(H,33,35)(H,34,36)/t20-,25+/m0/s1. The minimum absolute atomic E-state index is 0.0166. The van der Waals surface area contributed by atoms with E-state index in [1.54, 1.807) is 0 Å². The van der Waals surface area contributed by atoms with Crippen LogP contribution in [0.5, 0.6) is 5.75 Å². The van der Waals surface area contributed by atoms with E-state index in [2.05, 4.69) is 26.6 Å². The average Bonchev–Trinajstić information content (AvgIpc) is 3.45. The molecular formula is C30H32BrFN2O6. The summed E-state index contributed by atoms with van der Waals surface area (Å²) in [6.45, 7) is 4.97. The molecule has 1 saturated heterocycles. The van der Waals surface area contributed by atoms with Gasteiger partial charge in [0.15, 0.2) is 11.6 Å². The highest BCUT2D eigenvalue weighted by Crippen LogP contribution is 2.30. The molecule has 3 aromatic rings. The normalized spacial score (nSPS) is 15.2. The van der Waals surface area contributed by atoms with E-state index in [9.17, 15) is 9.59 Å². The summed E-state index contributed by atoms with van der Waals surface area (Å²) >= 11 is 3.45. The number of halogens is 2. The van der Waals surface area contributed by atoms with Gasteiger partial charge in [-0.05, 0) is 41.8 Å². The number of anilines is 1. The summed E-state index contributed by atoms with van der Waals surface area (Å²) in [5.41, 5.74) is 3.48.